The number of aliphatic hydroxyl groups is 1. The smallest absolute Gasteiger partial charge is 0.354 e. The fourth-order valence-corrected chi connectivity index (χ4v) is 5.06. The van der Waals surface area contributed by atoms with Crippen LogP contribution in [0.1, 0.15) is 32.3 Å². The number of aromatic nitrogens is 2. The van der Waals surface area contributed by atoms with Crippen LogP contribution in [0.4, 0.5) is 10.6 Å². The number of urea groups is 1. The lowest BCUT2D eigenvalue weighted by Gasteiger charge is -2.37. The van der Waals surface area contributed by atoms with Gasteiger partial charge in [0.15, 0.2) is 0 Å². The first-order valence-electron chi connectivity index (χ1n) is 13.5. The molecule has 0 saturated carbocycles. The van der Waals surface area contributed by atoms with Gasteiger partial charge in [-0.3, -0.25) is 19.6 Å². The molecular formula is C27H41ClN8O4. The molecule has 2 saturated heterocycles. The molecule has 220 valence electrons. The number of nitrogens with one attached hydrogen (secondary N) is 1. The summed E-state index contributed by atoms with van der Waals surface area (Å²) >= 11 is 0. The third kappa shape index (κ3) is 7.58. The molecule has 0 aliphatic carbocycles. The molecule has 2 atom stereocenters. The Morgan fingerprint density at radius 1 is 1.07 bits per heavy atom. The van der Waals surface area contributed by atoms with Crippen LogP contribution in [-0.2, 0) is 11.3 Å². The van der Waals surface area contributed by atoms with Gasteiger partial charge in [0, 0.05) is 45.0 Å². The van der Waals surface area contributed by atoms with E-state index in [0.717, 1.165) is 32.5 Å². The number of nitrogens with two attached hydrogens (primary N) is 2. The molecule has 0 unspecified atom stereocenters. The number of aliphatic hydroxyl groups excluding tert-OH is 1. The number of likely N-dealkylation sites (tertiary alicyclic amines) is 1. The number of piperidine rings is 1. The van der Waals surface area contributed by atoms with E-state index in [2.05, 4.69) is 22.1 Å². The van der Waals surface area contributed by atoms with E-state index in [9.17, 15) is 19.5 Å². The van der Waals surface area contributed by atoms with Crippen molar-refractivity contribution in [1.82, 2.24) is 24.3 Å². The molecule has 40 heavy (non-hydrogen) atoms. The first-order chi connectivity index (χ1) is 18.6. The second-order valence-corrected chi connectivity index (χ2v) is 10.9. The van der Waals surface area contributed by atoms with Gasteiger partial charge in [0.2, 0.25) is 5.91 Å². The highest BCUT2D eigenvalue weighted by Crippen LogP contribution is 2.21. The van der Waals surface area contributed by atoms with Gasteiger partial charge in [-0.1, -0.05) is 12.1 Å². The van der Waals surface area contributed by atoms with Crippen molar-refractivity contribution in [2.75, 3.05) is 51.2 Å². The van der Waals surface area contributed by atoms with E-state index in [1.54, 1.807) is 17.2 Å². The predicted octanol–water partition coefficient (Wildman–Crippen LogP) is 0.599. The largest absolute Gasteiger partial charge is 0.394 e. The van der Waals surface area contributed by atoms with Crippen LogP contribution in [0.5, 0.6) is 0 Å². The number of carbonyl (C=O) groups is 2. The molecule has 3 heterocycles. The molecule has 13 heteroatoms. The van der Waals surface area contributed by atoms with Gasteiger partial charge in [0.25, 0.3) is 0 Å². The van der Waals surface area contributed by atoms with E-state index in [1.807, 2.05) is 24.3 Å². The summed E-state index contributed by atoms with van der Waals surface area (Å²) in [5.74, 6) is 0.392. The number of anilines is 1. The van der Waals surface area contributed by atoms with Crippen LogP contribution in [0, 0.1) is 5.92 Å². The van der Waals surface area contributed by atoms with Crippen molar-refractivity contribution in [3.05, 3.63) is 52.6 Å². The lowest BCUT2D eigenvalue weighted by Crippen LogP contribution is -2.60. The Morgan fingerprint density at radius 2 is 1.68 bits per heavy atom. The number of hydrogen-bond donors (Lipinski definition) is 4. The van der Waals surface area contributed by atoms with Gasteiger partial charge < -0.3 is 26.4 Å². The Bertz CT molecular complexity index is 1200. The monoisotopic (exact) mass is 576 g/mol. The maximum absolute atomic E-state index is 12.7. The zero-order valence-electron chi connectivity index (χ0n) is 23.2. The summed E-state index contributed by atoms with van der Waals surface area (Å²) in [7, 11) is 0. The molecule has 2 aliphatic heterocycles. The minimum atomic E-state index is -1.35. The number of carbonyl (C=O) groups excluding carboxylic acids is 2. The summed E-state index contributed by atoms with van der Waals surface area (Å²) < 4.78 is 1.43. The SMILES string of the molecule is C[C@@H](N)C1CCN(Cc2ccc(-n3ccc(NC(=O)N4CCN(C(=O)[C@@](C)(N)CO)CC4)nc3=O)cc2)CC1.Cl. The Hall–Kier alpha value is -3.03. The number of halogens is 1. The van der Waals surface area contributed by atoms with E-state index in [1.165, 1.54) is 22.0 Å². The molecule has 1 aromatic heterocycles. The summed E-state index contributed by atoms with van der Waals surface area (Å²) in [4.78, 5) is 47.4. The van der Waals surface area contributed by atoms with Crippen LogP contribution >= 0.6 is 12.4 Å². The van der Waals surface area contributed by atoms with Gasteiger partial charge in [-0.2, -0.15) is 4.98 Å². The second-order valence-electron chi connectivity index (χ2n) is 10.9. The Morgan fingerprint density at radius 3 is 2.23 bits per heavy atom. The molecule has 6 N–H and O–H groups in total. The molecule has 3 amide bonds. The van der Waals surface area contributed by atoms with Crippen molar-refractivity contribution in [2.45, 2.75) is 44.8 Å². The van der Waals surface area contributed by atoms with Crippen LogP contribution in [0.25, 0.3) is 5.69 Å². The van der Waals surface area contributed by atoms with Crippen molar-refractivity contribution in [2.24, 2.45) is 17.4 Å². The maximum Gasteiger partial charge on any atom is 0.354 e. The molecule has 0 spiro atoms. The average Bonchev–Trinajstić information content (AvgIpc) is 2.93. The number of hydrogen-bond acceptors (Lipinski definition) is 8. The lowest BCUT2D eigenvalue weighted by molar-refractivity contribution is -0.139. The van der Waals surface area contributed by atoms with Crippen molar-refractivity contribution >= 4 is 30.2 Å². The standard InChI is InChI=1S/C27H40N8O4.ClH/c1-19(28)21-7-10-32(11-8-21)17-20-3-5-22(6-4-20)35-12-9-23(31-26(35)39)30-25(38)34-15-13-33(14-16-34)24(37)27(2,29)18-36;/h3-6,9,12,19,21,36H,7-8,10-11,13-18,28-29H2,1-2H3,(H,30,31,38,39);1H/t19-,27+;/m1./s1. The van der Waals surface area contributed by atoms with E-state index >= 15 is 0 Å². The Kier molecular flexibility index (Phi) is 10.7. The number of nitrogens with zero attached hydrogens (tertiary/aromatic N) is 5. The molecule has 4 rings (SSSR count). The van der Waals surface area contributed by atoms with Gasteiger partial charge in [0.1, 0.15) is 11.4 Å². The van der Waals surface area contributed by atoms with E-state index in [4.69, 9.17) is 11.5 Å². The molecule has 2 fully saturated rings. The van der Waals surface area contributed by atoms with E-state index < -0.39 is 23.9 Å². The van der Waals surface area contributed by atoms with Gasteiger partial charge in [-0.25, -0.2) is 9.59 Å². The van der Waals surface area contributed by atoms with E-state index in [-0.39, 0.29) is 30.2 Å². The molecular weight excluding hydrogens is 536 g/mol. The third-order valence-electron chi connectivity index (χ3n) is 7.71. The fraction of sp³-hybridized carbons (Fsp3) is 0.556. The highest BCUT2D eigenvalue weighted by Gasteiger charge is 2.34. The van der Waals surface area contributed by atoms with Crippen molar-refractivity contribution in [3.63, 3.8) is 0 Å². The lowest BCUT2D eigenvalue weighted by atomic mass is 9.91. The first kappa shape index (κ1) is 31.5. The number of piperazine rings is 1. The summed E-state index contributed by atoms with van der Waals surface area (Å²) in [6, 6.07) is 9.26. The highest BCUT2D eigenvalue weighted by molar-refractivity contribution is 5.89. The summed E-state index contributed by atoms with van der Waals surface area (Å²) in [6.07, 6.45) is 3.83. The zero-order chi connectivity index (χ0) is 28.2. The van der Waals surface area contributed by atoms with Crippen molar-refractivity contribution < 1.29 is 14.7 Å². The number of amides is 3. The minimum Gasteiger partial charge on any atom is -0.394 e. The van der Waals surface area contributed by atoms with Crippen LogP contribution in [0.3, 0.4) is 0 Å². The molecule has 2 aliphatic rings. The Balaban J connectivity index is 0.00000441. The van der Waals surface area contributed by atoms with Crippen LogP contribution in [0.2, 0.25) is 0 Å². The molecule has 1 aromatic carbocycles. The van der Waals surface area contributed by atoms with E-state index in [0.29, 0.717) is 37.8 Å². The quantitative estimate of drug-likeness (QED) is 0.372. The maximum atomic E-state index is 12.7. The molecule has 12 nitrogen and oxygen atoms in total. The second kappa shape index (κ2) is 13.6. The fourth-order valence-electron chi connectivity index (χ4n) is 5.06. The van der Waals surface area contributed by atoms with Gasteiger partial charge in [-0.15, -0.1) is 12.4 Å². The van der Waals surface area contributed by atoms with Gasteiger partial charge >= 0.3 is 11.7 Å². The third-order valence-corrected chi connectivity index (χ3v) is 7.71. The molecule has 0 radical (unpaired) electrons. The van der Waals surface area contributed by atoms with Crippen molar-refractivity contribution in [3.8, 4) is 5.69 Å². The molecule has 2 aromatic rings. The summed E-state index contributed by atoms with van der Waals surface area (Å²) in [5.41, 5.74) is 11.9. The van der Waals surface area contributed by atoms with Gasteiger partial charge in [-0.05, 0) is 69.5 Å². The van der Waals surface area contributed by atoms with Crippen LogP contribution in [0.15, 0.2) is 41.3 Å². The normalized spacial score (nSPS) is 18.9. The summed E-state index contributed by atoms with van der Waals surface area (Å²) in [6.45, 7) is 7.24. The van der Waals surface area contributed by atoms with Crippen LogP contribution < -0.4 is 22.5 Å². The first-order valence-corrected chi connectivity index (χ1v) is 13.5. The highest BCUT2D eigenvalue weighted by atomic mass is 35.5. The minimum absolute atomic E-state index is 0. The average molecular weight is 577 g/mol. The zero-order valence-corrected chi connectivity index (χ0v) is 24.0. The van der Waals surface area contributed by atoms with Gasteiger partial charge in [0.05, 0.1) is 12.3 Å². The molecule has 0 bridgehead atoms. The summed E-state index contributed by atoms with van der Waals surface area (Å²) in [5, 5.41) is 12.0. The number of rotatable bonds is 7. The Labute approximate surface area is 240 Å². The predicted molar refractivity (Wildman–Crippen MR) is 156 cm³/mol. The number of benzene rings is 1. The van der Waals surface area contributed by atoms with Crippen LogP contribution in [-0.4, -0.2) is 98.8 Å². The van der Waals surface area contributed by atoms with Crippen molar-refractivity contribution in [1.29, 1.82) is 0 Å². The topological polar surface area (TPSA) is 163 Å².